The van der Waals surface area contributed by atoms with Crippen LogP contribution < -0.4 is 5.32 Å². The van der Waals surface area contributed by atoms with Crippen molar-refractivity contribution in [1.29, 1.82) is 0 Å². The molecule has 4 nitrogen and oxygen atoms in total. The Morgan fingerprint density at radius 1 is 1.00 bits per heavy atom. The minimum atomic E-state index is -0.271. The molecule has 3 atom stereocenters. The van der Waals surface area contributed by atoms with Gasteiger partial charge in [0.05, 0.1) is 0 Å². The zero-order valence-corrected chi connectivity index (χ0v) is 16.9. The van der Waals surface area contributed by atoms with Gasteiger partial charge in [0, 0.05) is 23.6 Å². The average molecular weight is 401 g/mol. The zero-order valence-electron chi connectivity index (χ0n) is 16.9. The quantitative estimate of drug-likeness (QED) is 0.444. The van der Waals surface area contributed by atoms with Gasteiger partial charge in [-0.2, -0.15) is 4.98 Å². The molecule has 1 N–H and O–H groups in total. The van der Waals surface area contributed by atoms with Crippen molar-refractivity contribution in [2.45, 2.75) is 44.2 Å². The summed E-state index contributed by atoms with van der Waals surface area (Å²) in [5, 5.41) is 10.5. The molecule has 152 valence electrons. The van der Waals surface area contributed by atoms with Crippen LogP contribution in [0.25, 0.3) is 22.2 Å². The second-order valence-corrected chi connectivity index (χ2v) is 8.13. The molecular formula is C25H24FN3O. The predicted octanol–water partition coefficient (Wildman–Crippen LogP) is 6.02. The van der Waals surface area contributed by atoms with Crippen molar-refractivity contribution >= 4 is 10.8 Å². The molecule has 1 aliphatic carbocycles. The van der Waals surface area contributed by atoms with Crippen molar-refractivity contribution < 1.29 is 8.91 Å². The normalized spacial score (nSPS) is 19.9. The number of fused-ring (bicyclic) bond motifs is 1. The largest absolute Gasteiger partial charge is 0.339 e. The third-order valence-electron chi connectivity index (χ3n) is 6.10. The number of halogens is 1. The Morgan fingerprint density at radius 3 is 2.67 bits per heavy atom. The zero-order chi connectivity index (χ0) is 20.5. The summed E-state index contributed by atoms with van der Waals surface area (Å²) in [6.45, 7) is 2.23. The highest BCUT2D eigenvalue weighted by Gasteiger charge is 2.31. The van der Waals surface area contributed by atoms with Crippen LogP contribution in [0.15, 0.2) is 71.3 Å². The summed E-state index contributed by atoms with van der Waals surface area (Å²) in [5.74, 6) is 1.18. The van der Waals surface area contributed by atoms with Crippen LogP contribution >= 0.6 is 0 Å². The SMILES string of the molecule is CC(NC1CCC(c2nc(-c3ccc(F)cc3)no2)C1)c1cccc2ccccc12. The lowest BCUT2D eigenvalue weighted by molar-refractivity contribution is 0.350. The molecule has 0 bridgehead atoms. The van der Waals surface area contributed by atoms with E-state index in [1.807, 2.05) is 0 Å². The van der Waals surface area contributed by atoms with Crippen LogP contribution in [0, 0.1) is 5.82 Å². The molecule has 1 aromatic heterocycles. The van der Waals surface area contributed by atoms with Gasteiger partial charge >= 0.3 is 0 Å². The van der Waals surface area contributed by atoms with Crippen LogP contribution in [-0.2, 0) is 0 Å². The molecule has 0 spiro atoms. The summed E-state index contributed by atoms with van der Waals surface area (Å²) < 4.78 is 18.7. The fraction of sp³-hybridized carbons (Fsp3) is 0.280. The van der Waals surface area contributed by atoms with E-state index in [9.17, 15) is 4.39 Å². The Bertz CT molecular complexity index is 1150. The molecule has 0 amide bonds. The molecule has 1 fully saturated rings. The van der Waals surface area contributed by atoms with E-state index in [-0.39, 0.29) is 17.8 Å². The van der Waals surface area contributed by atoms with Gasteiger partial charge in [0.1, 0.15) is 5.82 Å². The van der Waals surface area contributed by atoms with Crippen molar-refractivity contribution in [2.24, 2.45) is 0 Å². The second-order valence-electron chi connectivity index (χ2n) is 8.13. The van der Waals surface area contributed by atoms with E-state index in [1.165, 1.54) is 28.5 Å². The van der Waals surface area contributed by atoms with Crippen LogP contribution in [0.1, 0.15) is 49.6 Å². The van der Waals surface area contributed by atoms with E-state index in [0.29, 0.717) is 17.8 Å². The third kappa shape index (κ3) is 3.73. The Labute approximate surface area is 175 Å². The molecule has 0 saturated heterocycles. The maximum Gasteiger partial charge on any atom is 0.230 e. The van der Waals surface area contributed by atoms with Crippen molar-refractivity contribution in [3.63, 3.8) is 0 Å². The fourth-order valence-electron chi connectivity index (χ4n) is 4.55. The first-order valence-corrected chi connectivity index (χ1v) is 10.5. The summed E-state index contributed by atoms with van der Waals surface area (Å²) >= 11 is 0. The maximum atomic E-state index is 13.1. The molecule has 1 heterocycles. The molecule has 1 aliphatic rings. The third-order valence-corrected chi connectivity index (χ3v) is 6.10. The van der Waals surface area contributed by atoms with Gasteiger partial charge < -0.3 is 9.84 Å². The van der Waals surface area contributed by atoms with Crippen LogP contribution in [0.2, 0.25) is 0 Å². The number of nitrogens with one attached hydrogen (secondary N) is 1. The first-order chi connectivity index (χ1) is 14.7. The van der Waals surface area contributed by atoms with Gasteiger partial charge in [-0.15, -0.1) is 0 Å². The minimum absolute atomic E-state index is 0.254. The highest BCUT2D eigenvalue weighted by Crippen LogP contribution is 2.36. The number of hydrogen-bond donors (Lipinski definition) is 1. The van der Waals surface area contributed by atoms with Crippen molar-refractivity contribution in [2.75, 3.05) is 0 Å². The minimum Gasteiger partial charge on any atom is -0.339 e. The molecule has 0 aliphatic heterocycles. The van der Waals surface area contributed by atoms with Crippen LogP contribution in [-0.4, -0.2) is 16.2 Å². The van der Waals surface area contributed by atoms with Gasteiger partial charge in [0.25, 0.3) is 0 Å². The first-order valence-electron chi connectivity index (χ1n) is 10.5. The number of rotatable bonds is 5. The monoisotopic (exact) mass is 401 g/mol. The molecule has 4 aromatic rings. The highest BCUT2D eigenvalue weighted by molar-refractivity contribution is 5.86. The molecule has 30 heavy (non-hydrogen) atoms. The summed E-state index contributed by atoms with van der Waals surface area (Å²) in [6.07, 6.45) is 3.07. The summed E-state index contributed by atoms with van der Waals surface area (Å²) in [7, 11) is 0. The lowest BCUT2D eigenvalue weighted by Crippen LogP contribution is -2.29. The first kappa shape index (κ1) is 18.9. The van der Waals surface area contributed by atoms with E-state index >= 15 is 0 Å². The van der Waals surface area contributed by atoms with E-state index in [4.69, 9.17) is 4.52 Å². The van der Waals surface area contributed by atoms with Crippen LogP contribution in [0.3, 0.4) is 0 Å². The Hall–Kier alpha value is -3.05. The maximum absolute atomic E-state index is 13.1. The van der Waals surface area contributed by atoms with Gasteiger partial charge in [0.15, 0.2) is 0 Å². The van der Waals surface area contributed by atoms with Gasteiger partial charge in [0.2, 0.25) is 11.7 Å². The van der Waals surface area contributed by atoms with Crippen molar-refractivity contribution in [1.82, 2.24) is 15.5 Å². The highest BCUT2D eigenvalue weighted by atomic mass is 19.1. The van der Waals surface area contributed by atoms with Crippen molar-refractivity contribution in [3.05, 3.63) is 84.0 Å². The number of nitrogens with zero attached hydrogens (tertiary/aromatic N) is 2. The van der Waals surface area contributed by atoms with E-state index < -0.39 is 0 Å². The van der Waals surface area contributed by atoms with E-state index in [1.54, 1.807) is 12.1 Å². The standard InChI is InChI=1S/C25H24FN3O/c1-16(22-8-4-6-17-5-2-3-7-23(17)22)27-21-14-11-19(15-21)25-28-24(29-30-25)18-9-12-20(26)13-10-18/h2-10,12-13,16,19,21,27H,11,14-15H2,1H3. The molecule has 3 aromatic carbocycles. The number of benzene rings is 3. The topological polar surface area (TPSA) is 51.0 Å². The van der Waals surface area contributed by atoms with Gasteiger partial charge in [-0.3, -0.25) is 0 Å². The molecular weight excluding hydrogens is 377 g/mol. The number of aromatic nitrogens is 2. The van der Waals surface area contributed by atoms with Gasteiger partial charge in [-0.1, -0.05) is 47.6 Å². The Balaban J connectivity index is 1.26. The fourth-order valence-corrected chi connectivity index (χ4v) is 4.55. The molecule has 5 rings (SSSR count). The van der Waals surface area contributed by atoms with E-state index in [0.717, 1.165) is 24.8 Å². The van der Waals surface area contributed by atoms with E-state index in [2.05, 4.69) is 64.8 Å². The summed E-state index contributed by atoms with van der Waals surface area (Å²) in [6, 6.07) is 21.9. The lowest BCUT2D eigenvalue weighted by Gasteiger charge is -2.21. The molecule has 3 unspecified atom stereocenters. The predicted molar refractivity (Wildman–Crippen MR) is 116 cm³/mol. The molecule has 5 heteroatoms. The summed E-state index contributed by atoms with van der Waals surface area (Å²) in [5.41, 5.74) is 2.09. The smallest absolute Gasteiger partial charge is 0.230 e. The Morgan fingerprint density at radius 2 is 1.80 bits per heavy atom. The van der Waals surface area contributed by atoms with Gasteiger partial charge in [-0.25, -0.2) is 4.39 Å². The van der Waals surface area contributed by atoms with Crippen LogP contribution in [0.4, 0.5) is 4.39 Å². The molecule has 1 saturated carbocycles. The summed E-state index contributed by atoms with van der Waals surface area (Å²) in [4.78, 5) is 4.58. The lowest BCUT2D eigenvalue weighted by atomic mass is 9.99. The van der Waals surface area contributed by atoms with Gasteiger partial charge in [-0.05, 0) is 66.8 Å². The molecule has 0 radical (unpaired) electrons. The average Bonchev–Trinajstić information content (AvgIpc) is 3.43. The van der Waals surface area contributed by atoms with Crippen molar-refractivity contribution in [3.8, 4) is 11.4 Å². The second kappa shape index (κ2) is 8.00. The Kier molecular flexibility index (Phi) is 5.05. The van der Waals surface area contributed by atoms with Crippen LogP contribution in [0.5, 0.6) is 0 Å². The number of hydrogen-bond acceptors (Lipinski definition) is 4.